The van der Waals surface area contributed by atoms with Crippen molar-refractivity contribution in [1.82, 2.24) is 20.1 Å². The van der Waals surface area contributed by atoms with Gasteiger partial charge in [-0.1, -0.05) is 18.2 Å². The van der Waals surface area contributed by atoms with E-state index in [0.717, 1.165) is 10.9 Å². The normalized spacial score (nSPS) is 24.8. The number of fused-ring (bicyclic) bond motifs is 2. The van der Waals surface area contributed by atoms with Crippen LogP contribution in [0.15, 0.2) is 36.5 Å². The average molecular weight is 384 g/mol. The van der Waals surface area contributed by atoms with Crippen molar-refractivity contribution in [2.24, 2.45) is 0 Å². The number of nitrogens with zero attached hydrogens (tertiary/aromatic N) is 2. The molecule has 3 heterocycles. The molecule has 2 aromatic rings. The molecule has 148 valence electrons. The fraction of sp³-hybridized carbons (Fsp3) is 0.450. The summed E-state index contributed by atoms with van der Waals surface area (Å²) in [6.45, 7) is 0.497. The Morgan fingerprint density at radius 2 is 2.00 bits per heavy atom. The summed E-state index contributed by atoms with van der Waals surface area (Å²) in [7, 11) is 1.67. The van der Waals surface area contributed by atoms with Gasteiger partial charge in [0.15, 0.2) is 0 Å². The largest absolute Gasteiger partial charge is 0.358 e. The summed E-state index contributed by atoms with van der Waals surface area (Å²) >= 11 is 0. The summed E-state index contributed by atoms with van der Waals surface area (Å²) in [4.78, 5) is 39.9. The number of rotatable bonds is 4. The van der Waals surface area contributed by atoms with E-state index in [2.05, 4.69) is 10.6 Å². The van der Waals surface area contributed by atoms with Gasteiger partial charge >= 0.3 is 0 Å². The van der Waals surface area contributed by atoms with Crippen molar-refractivity contribution in [3.63, 3.8) is 0 Å². The van der Waals surface area contributed by atoms with Crippen molar-refractivity contribution >= 4 is 28.6 Å². The van der Waals surface area contributed by atoms with E-state index in [1.807, 2.05) is 30.3 Å². The maximum atomic E-state index is 13.3. The quantitative estimate of drug-likeness (QED) is 0.811. The van der Waals surface area contributed by atoms with Gasteiger partial charge in [0.05, 0.1) is 18.7 Å². The number of hydrogen-bond acceptors (Lipinski definition) is 5. The number of para-hydroxylation sites is 1. The molecule has 2 N–H and O–H groups in total. The van der Waals surface area contributed by atoms with E-state index in [4.69, 9.17) is 4.74 Å². The Hall–Kier alpha value is -2.71. The van der Waals surface area contributed by atoms with Gasteiger partial charge in [0.1, 0.15) is 18.3 Å². The van der Waals surface area contributed by atoms with Gasteiger partial charge in [-0.25, -0.2) is 0 Å². The molecule has 3 unspecified atom stereocenters. The van der Waals surface area contributed by atoms with Crippen molar-refractivity contribution in [2.45, 2.75) is 37.6 Å². The van der Waals surface area contributed by atoms with Crippen LogP contribution in [0.5, 0.6) is 0 Å². The SMILES string of the molecule is CNCC(=O)NC1CCOC2CCC(C(=O)n3ccc4ccccc43)N2C1=O. The maximum Gasteiger partial charge on any atom is 0.253 e. The Morgan fingerprint density at radius 3 is 2.82 bits per heavy atom. The highest BCUT2D eigenvalue weighted by molar-refractivity contribution is 5.98. The molecular weight excluding hydrogens is 360 g/mol. The fourth-order valence-electron chi connectivity index (χ4n) is 4.08. The van der Waals surface area contributed by atoms with Gasteiger partial charge in [0, 0.05) is 18.0 Å². The molecule has 2 saturated heterocycles. The third-order valence-corrected chi connectivity index (χ3v) is 5.40. The second kappa shape index (κ2) is 7.73. The summed E-state index contributed by atoms with van der Waals surface area (Å²) in [6.07, 6.45) is 2.87. The number of likely N-dealkylation sites (N-methyl/N-ethyl adjacent to an activating group) is 1. The third-order valence-electron chi connectivity index (χ3n) is 5.40. The Kier molecular flexibility index (Phi) is 5.15. The summed E-state index contributed by atoms with van der Waals surface area (Å²) in [6, 6.07) is 8.26. The number of ether oxygens (including phenoxy) is 1. The van der Waals surface area contributed by atoms with E-state index in [-0.39, 0.29) is 24.3 Å². The molecule has 2 aliphatic rings. The van der Waals surface area contributed by atoms with Crippen LogP contribution in [-0.2, 0) is 14.3 Å². The zero-order valence-corrected chi connectivity index (χ0v) is 15.8. The van der Waals surface area contributed by atoms with Crippen LogP contribution in [0.3, 0.4) is 0 Å². The highest BCUT2D eigenvalue weighted by Gasteiger charge is 2.46. The van der Waals surface area contributed by atoms with Crippen LogP contribution in [0.4, 0.5) is 0 Å². The van der Waals surface area contributed by atoms with Gasteiger partial charge in [-0.05, 0) is 32.0 Å². The number of carbonyl (C=O) groups excluding carboxylic acids is 3. The van der Waals surface area contributed by atoms with Crippen molar-refractivity contribution in [2.75, 3.05) is 20.2 Å². The lowest BCUT2D eigenvalue weighted by molar-refractivity contribution is -0.142. The lowest BCUT2D eigenvalue weighted by atomic mass is 10.1. The van der Waals surface area contributed by atoms with Gasteiger partial charge in [-0.2, -0.15) is 0 Å². The molecule has 4 rings (SSSR count). The molecule has 0 aliphatic carbocycles. The van der Waals surface area contributed by atoms with E-state index in [0.29, 0.717) is 25.9 Å². The van der Waals surface area contributed by atoms with Gasteiger partial charge in [0.2, 0.25) is 11.8 Å². The second-order valence-electron chi connectivity index (χ2n) is 7.19. The molecule has 2 amide bonds. The lowest BCUT2D eigenvalue weighted by Crippen LogP contribution is -2.54. The van der Waals surface area contributed by atoms with E-state index in [9.17, 15) is 14.4 Å². The minimum absolute atomic E-state index is 0.131. The van der Waals surface area contributed by atoms with Crippen molar-refractivity contribution in [1.29, 1.82) is 0 Å². The number of carbonyl (C=O) groups is 3. The van der Waals surface area contributed by atoms with Crippen molar-refractivity contribution < 1.29 is 19.1 Å². The molecule has 1 aromatic heterocycles. The number of aromatic nitrogens is 1. The summed E-state index contributed by atoms with van der Waals surface area (Å²) < 4.78 is 7.44. The average Bonchev–Trinajstić information content (AvgIpc) is 3.27. The summed E-state index contributed by atoms with van der Waals surface area (Å²) in [5.41, 5.74) is 0.818. The zero-order valence-electron chi connectivity index (χ0n) is 15.8. The first-order valence-corrected chi connectivity index (χ1v) is 9.58. The van der Waals surface area contributed by atoms with Gasteiger partial charge in [0.25, 0.3) is 5.91 Å². The molecule has 2 fully saturated rings. The van der Waals surface area contributed by atoms with Crippen LogP contribution in [0.1, 0.15) is 24.1 Å². The highest BCUT2D eigenvalue weighted by Crippen LogP contribution is 2.30. The van der Waals surface area contributed by atoms with Crippen LogP contribution >= 0.6 is 0 Å². The highest BCUT2D eigenvalue weighted by atomic mass is 16.5. The van der Waals surface area contributed by atoms with Gasteiger partial charge < -0.3 is 20.3 Å². The first-order chi connectivity index (χ1) is 13.6. The predicted molar refractivity (Wildman–Crippen MR) is 103 cm³/mol. The minimum Gasteiger partial charge on any atom is -0.358 e. The molecule has 0 bridgehead atoms. The Balaban J connectivity index is 1.59. The first-order valence-electron chi connectivity index (χ1n) is 9.58. The topological polar surface area (TPSA) is 92.7 Å². The molecule has 3 atom stereocenters. The van der Waals surface area contributed by atoms with E-state index in [1.54, 1.807) is 17.8 Å². The van der Waals surface area contributed by atoms with Crippen molar-refractivity contribution in [3.05, 3.63) is 36.5 Å². The number of amides is 2. The standard InChI is InChI=1S/C20H24N4O4/c1-21-12-17(25)22-14-9-11-28-18-7-6-16(24(18)19(14)26)20(27)23-10-8-13-4-2-3-5-15(13)23/h2-5,8,10,14,16,18,21H,6-7,9,11-12H2,1H3,(H,22,25). The molecule has 8 heteroatoms. The fourth-order valence-corrected chi connectivity index (χ4v) is 4.08. The molecule has 8 nitrogen and oxygen atoms in total. The smallest absolute Gasteiger partial charge is 0.253 e. The predicted octanol–water partition coefficient (Wildman–Crippen LogP) is 0.723. The van der Waals surface area contributed by atoms with Crippen LogP contribution in [-0.4, -0.2) is 65.7 Å². The number of hydrogen-bond donors (Lipinski definition) is 2. The molecular formula is C20H24N4O4. The monoisotopic (exact) mass is 384 g/mol. The van der Waals surface area contributed by atoms with Crippen LogP contribution in [0, 0.1) is 0 Å². The van der Waals surface area contributed by atoms with Gasteiger partial charge in [-0.3, -0.25) is 19.0 Å². The van der Waals surface area contributed by atoms with E-state index >= 15 is 0 Å². The first kappa shape index (κ1) is 18.6. The van der Waals surface area contributed by atoms with E-state index < -0.39 is 18.3 Å². The molecule has 0 saturated carbocycles. The molecule has 0 radical (unpaired) electrons. The Labute approximate surface area is 162 Å². The van der Waals surface area contributed by atoms with Gasteiger partial charge in [-0.15, -0.1) is 0 Å². The molecule has 1 aromatic carbocycles. The van der Waals surface area contributed by atoms with Crippen LogP contribution in [0.25, 0.3) is 10.9 Å². The van der Waals surface area contributed by atoms with Crippen LogP contribution < -0.4 is 10.6 Å². The Morgan fingerprint density at radius 1 is 1.18 bits per heavy atom. The second-order valence-corrected chi connectivity index (χ2v) is 7.19. The number of benzene rings is 1. The third kappa shape index (κ3) is 3.29. The van der Waals surface area contributed by atoms with Crippen molar-refractivity contribution in [3.8, 4) is 0 Å². The summed E-state index contributed by atoms with van der Waals surface area (Å²) in [5.74, 6) is -0.653. The maximum absolute atomic E-state index is 13.3. The minimum atomic E-state index is -0.680. The lowest BCUT2D eigenvalue weighted by Gasteiger charge is -2.29. The number of nitrogens with one attached hydrogen (secondary N) is 2. The summed E-state index contributed by atoms with van der Waals surface area (Å²) in [5, 5.41) is 6.50. The zero-order chi connectivity index (χ0) is 19.7. The Bertz CT molecular complexity index is 908. The van der Waals surface area contributed by atoms with Crippen LogP contribution in [0.2, 0.25) is 0 Å². The molecule has 28 heavy (non-hydrogen) atoms. The van der Waals surface area contributed by atoms with E-state index in [1.165, 1.54) is 4.90 Å². The molecule has 2 aliphatic heterocycles. The molecule has 0 spiro atoms.